The number of carbonyl (C=O) groups excluding carboxylic acids is 1. The van der Waals surface area contributed by atoms with E-state index in [1.807, 2.05) is 78.2 Å². The van der Waals surface area contributed by atoms with Crippen LogP contribution in [0.5, 0.6) is 0 Å². The monoisotopic (exact) mass is 485 g/mol. The number of hydrogen-bond donors (Lipinski definition) is 1. The lowest BCUT2D eigenvalue weighted by Crippen LogP contribution is -2.13. The Labute approximate surface area is 204 Å². The van der Waals surface area contributed by atoms with Gasteiger partial charge in [-0.15, -0.1) is 31.7 Å². The second kappa shape index (κ2) is 9.90. The molecule has 0 bridgehead atoms. The van der Waals surface area contributed by atoms with Gasteiger partial charge in [-0.3, -0.25) is 0 Å². The molecule has 0 spiro atoms. The average molecular weight is 486 g/mol. The van der Waals surface area contributed by atoms with Crippen LogP contribution in [-0.4, -0.2) is 33.0 Å². The van der Waals surface area contributed by atoms with Crippen molar-refractivity contribution >= 4 is 39.6 Å². The number of esters is 1. The van der Waals surface area contributed by atoms with Crippen LogP contribution in [0.3, 0.4) is 0 Å². The molecule has 0 unspecified atom stereocenters. The number of anilines is 2. The number of aromatic nitrogens is 4. The third-order valence-electron chi connectivity index (χ3n) is 4.95. The van der Waals surface area contributed by atoms with E-state index >= 15 is 0 Å². The van der Waals surface area contributed by atoms with E-state index in [-0.39, 0.29) is 12.4 Å². The zero-order valence-corrected chi connectivity index (χ0v) is 19.8. The van der Waals surface area contributed by atoms with E-state index in [4.69, 9.17) is 4.74 Å². The molecular weight excluding hydrogens is 466 g/mol. The summed E-state index contributed by atoms with van der Waals surface area (Å²) in [5.41, 5.74) is 3.22. The quantitative estimate of drug-likeness (QED) is 0.270. The van der Waals surface area contributed by atoms with Crippen LogP contribution in [0.25, 0.3) is 32.3 Å². The molecule has 5 rings (SSSR count). The number of benzene rings is 2. The number of nitrogens with one attached hydrogen (secondary N) is 1. The van der Waals surface area contributed by atoms with Gasteiger partial charge in [-0.2, -0.15) is 0 Å². The van der Waals surface area contributed by atoms with Crippen LogP contribution >= 0.6 is 22.7 Å². The molecule has 3 heterocycles. The summed E-state index contributed by atoms with van der Waals surface area (Å²) in [7, 11) is 0. The first-order chi connectivity index (χ1) is 16.7. The molecule has 0 fully saturated rings. The summed E-state index contributed by atoms with van der Waals surface area (Å²) in [5.74, 6) is -0.218. The Kier molecular flexibility index (Phi) is 6.37. The molecule has 0 aliphatic rings. The number of rotatable bonds is 7. The van der Waals surface area contributed by atoms with Gasteiger partial charge in [0.25, 0.3) is 0 Å². The van der Waals surface area contributed by atoms with Crippen molar-refractivity contribution in [3.05, 3.63) is 83.7 Å². The van der Waals surface area contributed by atoms with Gasteiger partial charge >= 0.3 is 5.97 Å². The lowest BCUT2D eigenvalue weighted by molar-refractivity contribution is 0.0528. The standard InChI is InChI=1S/C25H19N5O2S2/c1-2-32-24(31)20-19(16-10-5-3-6-11-16)21(17-12-7-4-8-13-17)27-28-22(20)26-25-30-29-23(34-25)18-14-9-15-33-18/h3-15H,2H2,1H3,(H,26,28,30). The van der Waals surface area contributed by atoms with Crippen molar-refractivity contribution in [3.63, 3.8) is 0 Å². The lowest BCUT2D eigenvalue weighted by atomic mass is 9.95. The van der Waals surface area contributed by atoms with E-state index in [1.54, 1.807) is 18.3 Å². The van der Waals surface area contributed by atoms with Crippen LogP contribution < -0.4 is 5.32 Å². The van der Waals surface area contributed by atoms with Crippen molar-refractivity contribution in [2.45, 2.75) is 6.92 Å². The molecule has 0 aliphatic heterocycles. The molecule has 0 saturated carbocycles. The predicted molar refractivity (Wildman–Crippen MR) is 135 cm³/mol. The molecule has 9 heteroatoms. The second-order valence-corrected chi connectivity index (χ2v) is 9.04. The SMILES string of the molecule is CCOC(=O)c1c(Nc2nnc(-c3cccs3)s2)nnc(-c2ccccc2)c1-c1ccccc1. The highest BCUT2D eigenvalue weighted by molar-refractivity contribution is 7.23. The summed E-state index contributed by atoms with van der Waals surface area (Å²) in [5, 5.41) is 23.9. The van der Waals surface area contributed by atoms with Crippen LogP contribution in [0, 0.1) is 0 Å². The Hall–Kier alpha value is -3.95. The van der Waals surface area contributed by atoms with Crippen LogP contribution in [-0.2, 0) is 4.74 Å². The van der Waals surface area contributed by atoms with Crippen molar-refractivity contribution in [2.24, 2.45) is 0 Å². The topological polar surface area (TPSA) is 89.9 Å². The lowest BCUT2D eigenvalue weighted by Gasteiger charge is -2.16. The minimum Gasteiger partial charge on any atom is -0.462 e. The molecule has 34 heavy (non-hydrogen) atoms. The van der Waals surface area contributed by atoms with Gasteiger partial charge in [0.15, 0.2) is 10.8 Å². The van der Waals surface area contributed by atoms with Crippen molar-refractivity contribution in [1.82, 2.24) is 20.4 Å². The molecule has 1 N–H and O–H groups in total. The van der Waals surface area contributed by atoms with Crippen LogP contribution in [0.15, 0.2) is 78.2 Å². The van der Waals surface area contributed by atoms with Gasteiger partial charge < -0.3 is 10.1 Å². The van der Waals surface area contributed by atoms with E-state index in [0.717, 1.165) is 21.0 Å². The van der Waals surface area contributed by atoms with Gasteiger partial charge in [0, 0.05) is 11.1 Å². The maximum atomic E-state index is 13.3. The molecule has 0 atom stereocenters. The van der Waals surface area contributed by atoms with Crippen molar-refractivity contribution < 1.29 is 9.53 Å². The van der Waals surface area contributed by atoms with Crippen molar-refractivity contribution in [2.75, 3.05) is 11.9 Å². The number of hydrogen-bond acceptors (Lipinski definition) is 9. The predicted octanol–water partition coefficient (Wildman–Crippen LogP) is 6.31. The van der Waals surface area contributed by atoms with Crippen LogP contribution in [0.4, 0.5) is 10.9 Å². The van der Waals surface area contributed by atoms with E-state index in [9.17, 15) is 4.79 Å². The summed E-state index contributed by atoms with van der Waals surface area (Å²) < 4.78 is 5.45. The third kappa shape index (κ3) is 4.43. The molecule has 0 amide bonds. The van der Waals surface area contributed by atoms with Gasteiger partial charge in [-0.1, -0.05) is 78.1 Å². The Bertz CT molecular complexity index is 1400. The van der Waals surface area contributed by atoms with Crippen molar-refractivity contribution in [1.29, 1.82) is 0 Å². The van der Waals surface area contributed by atoms with Gasteiger partial charge in [0.05, 0.1) is 11.5 Å². The highest BCUT2D eigenvalue weighted by atomic mass is 32.1. The van der Waals surface area contributed by atoms with E-state index in [0.29, 0.717) is 22.0 Å². The number of thiophene rings is 1. The molecule has 0 radical (unpaired) electrons. The Morgan fingerprint density at radius 1 is 0.882 bits per heavy atom. The fourth-order valence-electron chi connectivity index (χ4n) is 3.49. The summed E-state index contributed by atoms with van der Waals surface area (Å²) >= 11 is 2.97. The zero-order chi connectivity index (χ0) is 23.3. The molecule has 2 aromatic carbocycles. The molecule has 3 aromatic heterocycles. The first-order valence-corrected chi connectivity index (χ1v) is 12.3. The fourth-order valence-corrected chi connectivity index (χ4v) is 5.02. The van der Waals surface area contributed by atoms with E-state index in [1.165, 1.54) is 11.3 Å². The summed E-state index contributed by atoms with van der Waals surface area (Å²) in [6, 6.07) is 23.3. The van der Waals surface area contributed by atoms with E-state index in [2.05, 4.69) is 25.7 Å². The summed E-state index contributed by atoms with van der Waals surface area (Å²) in [4.78, 5) is 14.3. The number of ether oxygens (including phenoxy) is 1. The molecule has 7 nitrogen and oxygen atoms in total. The highest BCUT2D eigenvalue weighted by Gasteiger charge is 2.26. The van der Waals surface area contributed by atoms with Crippen LogP contribution in [0.2, 0.25) is 0 Å². The summed E-state index contributed by atoms with van der Waals surface area (Å²) in [6.07, 6.45) is 0. The minimum atomic E-state index is -0.487. The maximum absolute atomic E-state index is 13.3. The Morgan fingerprint density at radius 3 is 2.29 bits per heavy atom. The average Bonchev–Trinajstić information content (AvgIpc) is 3.57. The van der Waals surface area contributed by atoms with E-state index < -0.39 is 5.97 Å². The highest BCUT2D eigenvalue weighted by Crippen LogP contribution is 2.38. The fraction of sp³-hybridized carbons (Fsp3) is 0.0800. The van der Waals surface area contributed by atoms with Crippen LogP contribution in [0.1, 0.15) is 17.3 Å². The van der Waals surface area contributed by atoms with Gasteiger partial charge in [0.2, 0.25) is 5.13 Å². The second-order valence-electron chi connectivity index (χ2n) is 7.11. The van der Waals surface area contributed by atoms with Gasteiger partial charge in [-0.05, 0) is 23.9 Å². The maximum Gasteiger partial charge on any atom is 0.342 e. The Morgan fingerprint density at radius 2 is 1.62 bits per heavy atom. The number of nitrogens with zero attached hydrogens (tertiary/aromatic N) is 4. The largest absolute Gasteiger partial charge is 0.462 e. The van der Waals surface area contributed by atoms with Gasteiger partial charge in [0.1, 0.15) is 11.3 Å². The van der Waals surface area contributed by atoms with Crippen molar-refractivity contribution in [3.8, 4) is 32.3 Å². The zero-order valence-electron chi connectivity index (χ0n) is 18.1. The molecule has 5 aromatic rings. The molecule has 0 saturated heterocycles. The normalized spacial score (nSPS) is 10.7. The first kappa shape index (κ1) is 21.9. The van der Waals surface area contributed by atoms with Gasteiger partial charge in [-0.25, -0.2) is 4.79 Å². The molecule has 0 aliphatic carbocycles. The molecule has 168 valence electrons. The Balaban J connectivity index is 1.67. The molecular formula is C25H19N5O2S2. The number of carbonyl (C=O) groups is 1. The minimum absolute atomic E-state index is 0.233. The summed E-state index contributed by atoms with van der Waals surface area (Å²) in [6.45, 7) is 2.01. The smallest absolute Gasteiger partial charge is 0.342 e. The first-order valence-electron chi connectivity index (χ1n) is 10.6. The third-order valence-corrected chi connectivity index (χ3v) is 6.82.